The van der Waals surface area contributed by atoms with Crippen LogP contribution >= 0.6 is 0 Å². The first kappa shape index (κ1) is 17.0. The summed E-state index contributed by atoms with van der Waals surface area (Å²) in [5, 5.41) is 13.1. The molecule has 0 aliphatic heterocycles. The number of carbonyl (C=O) groups excluding carboxylic acids is 2. The molecule has 0 radical (unpaired) electrons. The van der Waals surface area contributed by atoms with Crippen molar-refractivity contribution in [2.24, 2.45) is 5.41 Å². The molecule has 4 nitrogen and oxygen atoms in total. The fraction of sp³-hybridized carbons (Fsp3) is 0.368. The molecule has 1 aromatic rings. The Morgan fingerprint density at radius 2 is 1.74 bits per heavy atom. The number of ketones is 2. The minimum atomic E-state index is -0.334. The van der Waals surface area contributed by atoms with Gasteiger partial charge in [0.05, 0.1) is 0 Å². The third kappa shape index (κ3) is 4.09. The van der Waals surface area contributed by atoms with Gasteiger partial charge in [-0.2, -0.15) is 0 Å². The highest BCUT2D eigenvalue weighted by Gasteiger charge is 2.37. The van der Waals surface area contributed by atoms with E-state index in [2.05, 4.69) is 5.32 Å². The van der Waals surface area contributed by atoms with E-state index < -0.39 is 0 Å². The van der Waals surface area contributed by atoms with Crippen molar-refractivity contribution in [1.29, 1.82) is 0 Å². The second-order valence-corrected chi connectivity index (χ2v) is 6.90. The van der Waals surface area contributed by atoms with Crippen molar-refractivity contribution in [2.75, 3.05) is 5.32 Å². The van der Waals surface area contributed by atoms with Crippen molar-refractivity contribution in [3.63, 3.8) is 0 Å². The van der Waals surface area contributed by atoms with E-state index in [0.717, 1.165) is 11.3 Å². The molecule has 0 atom stereocenters. The third-order valence-corrected chi connectivity index (χ3v) is 4.09. The zero-order valence-corrected chi connectivity index (χ0v) is 14.1. The van der Waals surface area contributed by atoms with Crippen molar-refractivity contribution >= 4 is 17.3 Å². The molecular weight excluding hydrogens is 290 g/mol. The van der Waals surface area contributed by atoms with Crippen LogP contribution in [0.4, 0.5) is 5.69 Å². The van der Waals surface area contributed by atoms with Crippen LogP contribution in [-0.4, -0.2) is 16.7 Å². The van der Waals surface area contributed by atoms with Gasteiger partial charge in [0.25, 0.3) is 0 Å². The first-order valence-corrected chi connectivity index (χ1v) is 7.69. The molecule has 1 aliphatic carbocycles. The summed E-state index contributed by atoms with van der Waals surface area (Å²) in [5.41, 5.74) is 2.82. The molecule has 0 amide bonds. The second kappa shape index (κ2) is 6.41. The molecule has 0 bridgehead atoms. The molecule has 0 heterocycles. The Morgan fingerprint density at radius 3 is 2.30 bits per heavy atom. The maximum atomic E-state index is 12.1. The number of aliphatic hydroxyl groups is 1. The van der Waals surface area contributed by atoms with E-state index in [9.17, 15) is 14.7 Å². The fourth-order valence-electron chi connectivity index (χ4n) is 2.68. The molecule has 0 unspecified atom stereocenters. The summed E-state index contributed by atoms with van der Waals surface area (Å²) in [6, 6.07) is 5.92. The zero-order valence-electron chi connectivity index (χ0n) is 14.1. The molecular formula is C19H23NO3. The summed E-state index contributed by atoms with van der Waals surface area (Å²) >= 11 is 0. The number of benzene rings is 1. The normalized spacial score (nSPS) is 17.7. The van der Waals surface area contributed by atoms with E-state index in [-0.39, 0.29) is 41.2 Å². The molecule has 1 fully saturated rings. The van der Waals surface area contributed by atoms with Crippen LogP contribution in [0.25, 0.3) is 0 Å². The van der Waals surface area contributed by atoms with E-state index >= 15 is 0 Å². The molecule has 0 aromatic heterocycles. The van der Waals surface area contributed by atoms with Gasteiger partial charge >= 0.3 is 0 Å². The van der Waals surface area contributed by atoms with Gasteiger partial charge in [-0.05, 0) is 48.6 Å². The molecule has 0 spiro atoms. The van der Waals surface area contributed by atoms with Crippen LogP contribution in [0.1, 0.15) is 37.8 Å². The van der Waals surface area contributed by atoms with Gasteiger partial charge in [0, 0.05) is 24.7 Å². The maximum absolute atomic E-state index is 12.1. The van der Waals surface area contributed by atoms with E-state index in [1.54, 1.807) is 0 Å². The first-order valence-electron chi connectivity index (χ1n) is 7.69. The molecule has 0 saturated heterocycles. The SMILES string of the molecule is Cc1ccc(N/C=C\C(O)=C2C(=O)CC(C)(C)CC2=O)cc1C. The second-order valence-electron chi connectivity index (χ2n) is 6.90. The van der Waals surface area contributed by atoms with E-state index in [4.69, 9.17) is 0 Å². The molecule has 1 saturated carbocycles. The minimum Gasteiger partial charge on any atom is -0.507 e. The quantitative estimate of drug-likeness (QED) is 0.503. The predicted molar refractivity (Wildman–Crippen MR) is 91.4 cm³/mol. The largest absolute Gasteiger partial charge is 0.507 e. The van der Waals surface area contributed by atoms with Crippen LogP contribution in [0.3, 0.4) is 0 Å². The summed E-state index contributed by atoms with van der Waals surface area (Å²) in [7, 11) is 0. The Morgan fingerprint density at radius 1 is 1.13 bits per heavy atom. The molecule has 1 aliphatic rings. The van der Waals surface area contributed by atoms with E-state index in [1.165, 1.54) is 17.8 Å². The Balaban J connectivity index is 2.13. The third-order valence-electron chi connectivity index (χ3n) is 4.09. The Bertz CT molecular complexity index is 689. The summed E-state index contributed by atoms with van der Waals surface area (Å²) < 4.78 is 0. The predicted octanol–water partition coefficient (Wildman–Crippen LogP) is 4.00. The minimum absolute atomic E-state index is 0.0811. The Labute approximate surface area is 136 Å². The highest BCUT2D eigenvalue weighted by Crippen LogP contribution is 2.34. The molecule has 122 valence electrons. The number of nitrogens with one attached hydrogen (secondary N) is 1. The first-order chi connectivity index (χ1) is 10.7. The lowest BCUT2D eigenvalue weighted by Crippen LogP contribution is -2.32. The number of hydrogen-bond acceptors (Lipinski definition) is 4. The standard InChI is InChI=1S/C19H23NO3/c1-12-5-6-14(9-13(12)2)20-8-7-15(21)18-16(22)10-19(3,4)11-17(18)23/h5-9,20-21H,10-11H2,1-4H3/b8-7-. The number of rotatable bonds is 3. The number of aryl methyl sites for hydroxylation is 2. The highest BCUT2D eigenvalue weighted by molar-refractivity contribution is 6.22. The zero-order chi connectivity index (χ0) is 17.2. The fourth-order valence-corrected chi connectivity index (χ4v) is 2.68. The Hall–Kier alpha value is -2.36. The van der Waals surface area contributed by atoms with Crippen LogP contribution in [0, 0.1) is 19.3 Å². The van der Waals surface area contributed by atoms with Gasteiger partial charge in [-0.3, -0.25) is 9.59 Å². The Kier molecular flexibility index (Phi) is 4.73. The smallest absolute Gasteiger partial charge is 0.170 e. The van der Waals surface area contributed by atoms with Crippen molar-refractivity contribution in [1.82, 2.24) is 0 Å². The number of carbonyl (C=O) groups is 2. The lowest BCUT2D eigenvalue weighted by atomic mass is 9.74. The molecule has 4 heteroatoms. The van der Waals surface area contributed by atoms with Crippen LogP contribution in [-0.2, 0) is 9.59 Å². The van der Waals surface area contributed by atoms with Gasteiger partial charge < -0.3 is 10.4 Å². The number of allylic oxidation sites excluding steroid dienone is 2. The summed E-state index contributed by atoms with van der Waals surface area (Å²) in [5.74, 6) is -0.856. The average molecular weight is 313 g/mol. The molecule has 23 heavy (non-hydrogen) atoms. The maximum Gasteiger partial charge on any atom is 0.170 e. The average Bonchev–Trinajstić information content (AvgIpc) is 2.40. The monoisotopic (exact) mass is 313 g/mol. The number of anilines is 1. The number of hydrogen-bond donors (Lipinski definition) is 2. The van der Waals surface area contributed by atoms with Crippen LogP contribution in [0.2, 0.25) is 0 Å². The summed E-state index contributed by atoms with van der Waals surface area (Å²) in [4.78, 5) is 24.2. The topological polar surface area (TPSA) is 66.4 Å². The van der Waals surface area contributed by atoms with Crippen molar-refractivity contribution in [2.45, 2.75) is 40.5 Å². The number of aliphatic hydroxyl groups excluding tert-OH is 1. The van der Waals surface area contributed by atoms with Crippen molar-refractivity contribution < 1.29 is 14.7 Å². The van der Waals surface area contributed by atoms with Crippen molar-refractivity contribution in [3.05, 3.63) is 52.9 Å². The van der Waals surface area contributed by atoms with E-state index in [0.29, 0.717) is 0 Å². The summed E-state index contributed by atoms with van der Waals surface area (Å²) in [6.07, 6.45) is 3.44. The number of Topliss-reactive ketones (excluding diaryl/α,β-unsaturated/α-hetero) is 2. The van der Waals surface area contributed by atoms with Gasteiger partial charge in [-0.15, -0.1) is 0 Å². The van der Waals surface area contributed by atoms with Gasteiger partial charge in [0.15, 0.2) is 11.6 Å². The summed E-state index contributed by atoms with van der Waals surface area (Å²) in [6.45, 7) is 7.82. The molecule has 2 N–H and O–H groups in total. The van der Waals surface area contributed by atoms with Crippen LogP contribution < -0.4 is 5.32 Å². The van der Waals surface area contributed by atoms with Gasteiger partial charge in [0.1, 0.15) is 11.3 Å². The van der Waals surface area contributed by atoms with Gasteiger partial charge in [-0.1, -0.05) is 19.9 Å². The highest BCUT2D eigenvalue weighted by atomic mass is 16.3. The van der Waals surface area contributed by atoms with Gasteiger partial charge in [0.2, 0.25) is 0 Å². The lowest BCUT2D eigenvalue weighted by Gasteiger charge is -2.28. The van der Waals surface area contributed by atoms with Crippen LogP contribution in [0.5, 0.6) is 0 Å². The molecule has 1 aromatic carbocycles. The van der Waals surface area contributed by atoms with E-state index in [1.807, 2.05) is 45.9 Å². The van der Waals surface area contributed by atoms with Crippen LogP contribution in [0.15, 0.2) is 41.8 Å². The van der Waals surface area contributed by atoms with Crippen molar-refractivity contribution in [3.8, 4) is 0 Å². The lowest BCUT2D eigenvalue weighted by molar-refractivity contribution is -0.127. The molecule has 2 rings (SSSR count). The van der Waals surface area contributed by atoms with Gasteiger partial charge in [-0.25, -0.2) is 0 Å².